The molecular formula is C66H62N4O4. The number of hydrogen-bond acceptors (Lipinski definition) is 4. The van der Waals surface area contributed by atoms with Crippen LogP contribution in [0.15, 0.2) is 194 Å². The maximum atomic E-state index is 14.2. The van der Waals surface area contributed by atoms with Gasteiger partial charge in [-0.05, 0) is 117 Å². The van der Waals surface area contributed by atoms with Gasteiger partial charge >= 0.3 is 0 Å². The molecule has 8 heteroatoms. The Hall–Kier alpha value is -8.62. The molecule has 0 heterocycles. The first-order valence-corrected chi connectivity index (χ1v) is 25.8. The Balaban J connectivity index is 1.16. The highest BCUT2D eigenvalue weighted by atomic mass is 16.2. The van der Waals surface area contributed by atoms with E-state index in [4.69, 9.17) is 0 Å². The number of hydrogen-bond donors (Lipinski definition) is 4. The molecule has 8 nitrogen and oxygen atoms in total. The highest BCUT2D eigenvalue weighted by Gasteiger charge is 2.24. The summed E-state index contributed by atoms with van der Waals surface area (Å²) in [5.41, 5.74) is 11.2. The van der Waals surface area contributed by atoms with Gasteiger partial charge in [-0.15, -0.1) is 0 Å². The molecular weight excluding hydrogens is 913 g/mol. The van der Waals surface area contributed by atoms with Crippen molar-refractivity contribution in [2.75, 3.05) is 10.6 Å². The lowest BCUT2D eigenvalue weighted by molar-refractivity contribution is -0.117. The monoisotopic (exact) mass is 974 g/mol. The highest BCUT2D eigenvalue weighted by molar-refractivity contribution is 6.17. The van der Waals surface area contributed by atoms with Crippen molar-refractivity contribution in [2.45, 2.75) is 78.3 Å². The second-order valence-electron chi connectivity index (χ2n) is 19.0. The van der Waals surface area contributed by atoms with Crippen LogP contribution in [0.1, 0.15) is 110 Å². The average molecular weight is 975 g/mol. The third-order valence-electron chi connectivity index (χ3n) is 13.8. The molecule has 74 heavy (non-hydrogen) atoms. The summed E-state index contributed by atoms with van der Waals surface area (Å²) in [6.07, 6.45) is 3.72. The number of carbonyl (C=O) groups is 4. The zero-order valence-electron chi connectivity index (χ0n) is 42.5. The topological polar surface area (TPSA) is 116 Å². The van der Waals surface area contributed by atoms with Crippen LogP contribution in [0, 0.1) is 0 Å². The van der Waals surface area contributed by atoms with E-state index in [1.54, 1.807) is 0 Å². The molecule has 0 saturated carbocycles. The van der Waals surface area contributed by atoms with Gasteiger partial charge in [-0.3, -0.25) is 19.2 Å². The summed E-state index contributed by atoms with van der Waals surface area (Å²) in [5.74, 6) is -0.611. The maximum absolute atomic E-state index is 14.2. The van der Waals surface area contributed by atoms with Crippen molar-refractivity contribution in [3.63, 3.8) is 0 Å². The van der Waals surface area contributed by atoms with Crippen LogP contribution < -0.4 is 21.3 Å². The van der Waals surface area contributed by atoms with Gasteiger partial charge in [0, 0.05) is 35.1 Å². The van der Waals surface area contributed by atoms with E-state index >= 15 is 0 Å². The number of fused-ring (bicyclic) bond motifs is 2. The quantitative estimate of drug-likeness (QED) is 0.0685. The SMILES string of the molecule is CCCCC(=O)Nc1c(-c2cccc3cccc(-c4ccc(C(=O)N[C@H](C)c5ccccc5)cc4)c23)ccc(-c2cccc3cccc(-c4ccc(C(=O)N[C@H](C)c5ccccc5)cc4)c23)c1NC(=O)CCCC. The average Bonchev–Trinajstić information content (AvgIpc) is 3.45. The zero-order chi connectivity index (χ0) is 51.6. The van der Waals surface area contributed by atoms with Crippen molar-refractivity contribution < 1.29 is 19.2 Å². The first-order chi connectivity index (χ1) is 36.1. The molecule has 0 spiro atoms. The molecule has 4 N–H and O–H groups in total. The fraction of sp³-hybridized carbons (Fsp3) is 0.182. The fourth-order valence-corrected chi connectivity index (χ4v) is 9.81. The predicted molar refractivity (Wildman–Crippen MR) is 304 cm³/mol. The lowest BCUT2D eigenvalue weighted by atomic mass is 9.87. The Bertz CT molecular complexity index is 3220. The standard InChI is InChI=1S/C66H62N4O4/c1-5-7-31-59(71)69-63-57(55-29-17-25-49-23-15-27-53(61(49)55)47-33-37-51(38-34-47)65(73)67-43(3)45-19-11-9-12-20-45)41-42-58(64(63)70-60(72)32-8-6-2)56-30-18-26-50-24-16-28-54(62(50)56)48-35-39-52(40-36-48)66(74)68-44(4)46-21-13-10-14-22-46/h9-30,33-44H,5-8,31-32H2,1-4H3,(H,67,73)(H,68,74)(H,69,71)(H,70,72)/t43-,44-/m1/s1. The third kappa shape index (κ3) is 11.2. The summed E-state index contributed by atoms with van der Waals surface area (Å²) >= 11 is 0. The van der Waals surface area contributed by atoms with Crippen LogP contribution in [0.25, 0.3) is 66.1 Å². The zero-order valence-corrected chi connectivity index (χ0v) is 42.5. The van der Waals surface area contributed by atoms with E-state index in [-0.39, 0.29) is 35.7 Å². The van der Waals surface area contributed by atoms with E-state index < -0.39 is 0 Å². The molecule has 0 aliphatic rings. The molecule has 9 aromatic rings. The predicted octanol–water partition coefficient (Wildman–Crippen LogP) is 15.9. The molecule has 0 aliphatic heterocycles. The van der Waals surface area contributed by atoms with Gasteiger partial charge in [-0.25, -0.2) is 0 Å². The van der Waals surface area contributed by atoms with Crippen molar-refractivity contribution in [2.24, 2.45) is 0 Å². The minimum absolute atomic E-state index is 0.147. The minimum atomic E-state index is -0.163. The van der Waals surface area contributed by atoms with Gasteiger partial charge in [0.1, 0.15) is 0 Å². The largest absolute Gasteiger partial charge is 0.346 e. The van der Waals surface area contributed by atoms with Crippen LogP contribution in [-0.2, 0) is 9.59 Å². The van der Waals surface area contributed by atoms with Gasteiger partial charge in [0.15, 0.2) is 0 Å². The number of carbonyl (C=O) groups excluding carboxylic acids is 4. The number of rotatable bonds is 18. The summed E-state index contributed by atoms with van der Waals surface area (Å²) in [4.78, 5) is 55.3. The van der Waals surface area contributed by atoms with Gasteiger partial charge < -0.3 is 21.3 Å². The van der Waals surface area contributed by atoms with Crippen LogP contribution in [0.5, 0.6) is 0 Å². The minimum Gasteiger partial charge on any atom is -0.346 e. The van der Waals surface area contributed by atoms with E-state index in [2.05, 4.69) is 95.8 Å². The Kier molecular flexibility index (Phi) is 15.8. The summed E-state index contributed by atoms with van der Waals surface area (Å²) in [6.45, 7) is 8.08. The number of anilines is 2. The third-order valence-corrected chi connectivity index (χ3v) is 13.8. The van der Waals surface area contributed by atoms with Crippen LogP contribution in [0.3, 0.4) is 0 Å². The summed E-state index contributed by atoms with van der Waals surface area (Å²) in [5, 5.41) is 16.9. The lowest BCUT2D eigenvalue weighted by Crippen LogP contribution is -2.26. The molecule has 0 saturated heterocycles. The van der Waals surface area contributed by atoms with E-state index in [1.165, 1.54) is 0 Å². The Morgan fingerprint density at radius 2 is 0.730 bits per heavy atom. The van der Waals surface area contributed by atoms with Crippen molar-refractivity contribution >= 4 is 56.5 Å². The van der Waals surface area contributed by atoms with Crippen LogP contribution in [-0.4, -0.2) is 23.6 Å². The molecule has 0 unspecified atom stereocenters. The molecule has 2 atom stereocenters. The van der Waals surface area contributed by atoms with Crippen LogP contribution in [0.2, 0.25) is 0 Å². The van der Waals surface area contributed by atoms with E-state index in [0.717, 1.165) is 90.0 Å². The van der Waals surface area contributed by atoms with E-state index in [9.17, 15) is 19.2 Å². The van der Waals surface area contributed by atoms with E-state index in [1.807, 2.05) is 147 Å². The number of nitrogens with one attached hydrogen (secondary N) is 4. The number of amides is 4. The molecule has 0 bridgehead atoms. The molecule has 0 aliphatic carbocycles. The van der Waals surface area contributed by atoms with Crippen molar-refractivity contribution in [1.29, 1.82) is 0 Å². The van der Waals surface area contributed by atoms with Gasteiger partial charge in [0.05, 0.1) is 23.5 Å². The second kappa shape index (κ2) is 23.3. The number of unbranched alkanes of at least 4 members (excludes halogenated alkanes) is 2. The summed E-state index contributed by atoms with van der Waals surface area (Å²) in [7, 11) is 0. The molecule has 9 aromatic carbocycles. The first-order valence-electron chi connectivity index (χ1n) is 25.8. The molecule has 0 fully saturated rings. The van der Waals surface area contributed by atoms with Gasteiger partial charge in [0.2, 0.25) is 11.8 Å². The molecule has 0 radical (unpaired) electrons. The Morgan fingerprint density at radius 1 is 0.378 bits per heavy atom. The Labute approximate surface area is 434 Å². The molecule has 4 amide bonds. The second-order valence-corrected chi connectivity index (χ2v) is 19.0. The van der Waals surface area contributed by atoms with Crippen molar-refractivity contribution in [1.82, 2.24) is 10.6 Å². The van der Waals surface area contributed by atoms with Crippen molar-refractivity contribution in [3.8, 4) is 44.5 Å². The molecule has 0 aromatic heterocycles. The fourth-order valence-electron chi connectivity index (χ4n) is 9.81. The lowest BCUT2D eigenvalue weighted by Gasteiger charge is -2.23. The normalized spacial score (nSPS) is 11.9. The van der Waals surface area contributed by atoms with Gasteiger partial charge in [-0.1, -0.05) is 197 Å². The van der Waals surface area contributed by atoms with E-state index in [0.29, 0.717) is 48.2 Å². The first kappa shape index (κ1) is 50.3. The smallest absolute Gasteiger partial charge is 0.251 e. The van der Waals surface area contributed by atoms with Gasteiger partial charge in [0.25, 0.3) is 11.8 Å². The summed E-state index contributed by atoms with van der Waals surface area (Å²) < 4.78 is 0. The number of benzene rings is 9. The van der Waals surface area contributed by atoms with Crippen LogP contribution >= 0.6 is 0 Å². The van der Waals surface area contributed by atoms with Gasteiger partial charge in [-0.2, -0.15) is 0 Å². The van der Waals surface area contributed by atoms with Crippen molar-refractivity contribution in [3.05, 3.63) is 216 Å². The summed E-state index contributed by atoms with van der Waals surface area (Å²) in [6, 6.07) is 63.7. The molecule has 370 valence electrons. The highest BCUT2D eigenvalue weighted by Crippen LogP contribution is 2.48. The Morgan fingerprint density at radius 3 is 1.08 bits per heavy atom. The maximum Gasteiger partial charge on any atom is 0.251 e. The van der Waals surface area contributed by atoms with Crippen LogP contribution in [0.4, 0.5) is 11.4 Å². The molecule has 9 rings (SSSR count).